The van der Waals surface area contributed by atoms with Crippen molar-refractivity contribution < 1.29 is 9.53 Å². The molecule has 0 bridgehead atoms. The topological polar surface area (TPSA) is 32.8 Å². The number of hydrogen-bond acceptors (Lipinski definition) is 3. The minimum atomic E-state index is 0.104. The van der Waals surface area contributed by atoms with Crippen molar-refractivity contribution in [1.29, 1.82) is 0 Å². The van der Waals surface area contributed by atoms with E-state index in [1.807, 2.05) is 4.90 Å². The van der Waals surface area contributed by atoms with Gasteiger partial charge in [0.05, 0.1) is 19.1 Å². The normalized spacial score (nSPS) is 26.5. The van der Waals surface area contributed by atoms with Crippen LogP contribution in [0.1, 0.15) is 23.5 Å². The number of fused-ring (bicyclic) bond motifs is 1. The molecular formula is C17H22N2O2. The van der Waals surface area contributed by atoms with Crippen molar-refractivity contribution in [3.05, 3.63) is 35.4 Å². The average molecular weight is 286 g/mol. The molecule has 2 heterocycles. The first-order valence-corrected chi connectivity index (χ1v) is 8.01. The minimum Gasteiger partial charge on any atom is -0.379 e. The molecule has 1 atom stereocenters. The Morgan fingerprint density at radius 3 is 2.71 bits per heavy atom. The number of benzene rings is 1. The van der Waals surface area contributed by atoms with E-state index < -0.39 is 0 Å². The van der Waals surface area contributed by atoms with Crippen molar-refractivity contribution in [2.24, 2.45) is 0 Å². The Labute approximate surface area is 125 Å². The average Bonchev–Trinajstić information content (AvgIpc) is 2.90. The number of likely N-dealkylation sites (tertiary alicyclic amines) is 1. The molecule has 2 fully saturated rings. The highest BCUT2D eigenvalue weighted by Gasteiger charge is 2.39. The number of ether oxygens (including phenoxy) is 1. The highest BCUT2D eigenvalue weighted by molar-refractivity contribution is 5.85. The van der Waals surface area contributed by atoms with E-state index in [1.165, 1.54) is 11.1 Å². The fourth-order valence-corrected chi connectivity index (χ4v) is 3.84. The number of carbonyl (C=O) groups excluding carboxylic acids is 1. The molecule has 4 rings (SSSR count). The predicted molar refractivity (Wildman–Crippen MR) is 80.3 cm³/mol. The Kier molecular flexibility index (Phi) is 3.43. The van der Waals surface area contributed by atoms with Crippen LogP contribution in [0.3, 0.4) is 0 Å². The highest BCUT2D eigenvalue weighted by atomic mass is 16.5. The molecule has 0 N–H and O–H groups in total. The minimum absolute atomic E-state index is 0.104. The lowest BCUT2D eigenvalue weighted by molar-refractivity contribution is -0.141. The third kappa shape index (κ3) is 2.36. The molecule has 0 saturated carbocycles. The maximum atomic E-state index is 12.7. The summed E-state index contributed by atoms with van der Waals surface area (Å²) in [6.45, 7) is 5.49. The summed E-state index contributed by atoms with van der Waals surface area (Å²) in [5.41, 5.74) is 2.62. The van der Waals surface area contributed by atoms with Gasteiger partial charge >= 0.3 is 0 Å². The second-order valence-electron chi connectivity index (χ2n) is 6.34. The van der Waals surface area contributed by atoms with Gasteiger partial charge < -0.3 is 9.64 Å². The molecule has 21 heavy (non-hydrogen) atoms. The highest BCUT2D eigenvalue weighted by Crippen LogP contribution is 2.35. The Balaban J connectivity index is 1.37. The third-order valence-corrected chi connectivity index (χ3v) is 5.17. The Morgan fingerprint density at radius 2 is 1.90 bits per heavy atom. The number of aryl methyl sites for hydroxylation is 1. The van der Waals surface area contributed by atoms with Gasteiger partial charge in [0.15, 0.2) is 0 Å². The van der Waals surface area contributed by atoms with Crippen LogP contribution in [0, 0.1) is 0 Å². The van der Waals surface area contributed by atoms with E-state index in [9.17, 15) is 4.79 Å². The molecule has 2 saturated heterocycles. The van der Waals surface area contributed by atoms with Crippen LogP contribution >= 0.6 is 0 Å². The molecule has 1 amide bonds. The van der Waals surface area contributed by atoms with E-state index >= 15 is 0 Å². The number of carbonyl (C=O) groups is 1. The molecule has 4 nitrogen and oxygen atoms in total. The van der Waals surface area contributed by atoms with Gasteiger partial charge in [0, 0.05) is 32.2 Å². The number of amides is 1. The number of nitrogens with zero attached hydrogens (tertiary/aromatic N) is 2. The third-order valence-electron chi connectivity index (χ3n) is 5.17. The molecular weight excluding hydrogens is 264 g/mol. The first-order chi connectivity index (χ1) is 10.3. The molecule has 0 radical (unpaired) electrons. The van der Waals surface area contributed by atoms with Gasteiger partial charge in [-0.2, -0.15) is 0 Å². The van der Waals surface area contributed by atoms with Crippen molar-refractivity contribution in [3.63, 3.8) is 0 Å². The Hall–Kier alpha value is -1.39. The van der Waals surface area contributed by atoms with Gasteiger partial charge in [-0.3, -0.25) is 9.69 Å². The molecule has 0 aromatic heterocycles. The molecule has 3 aliphatic rings. The molecule has 1 aromatic rings. The quantitative estimate of drug-likeness (QED) is 0.820. The van der Waals surface area contributed by atoms with Crippen molar-refractivity contribution in [2.45, 2.75) is 24.8 Å². The van der Waals surface area contributed by atoms with Gasteiger partial charge in [-0.15, -0.1) is 0 Å². The van der Waals surface area contributed by atoms with Crippen molar-refractivity contribution >= 4 is 5.91 Å². The molecule has 2 aliphatic heterocycles. The summed E-state index contributed by atoms with van der Waals surface area (Å²) in [7, 11) is 0. The van der Waals surface area contributed by atoms with E-state index in [4.69, 9.17) is 4.74 Å². The predicted octanol–water partition coefficient (Wildman–Crippen LogP) is 1.26. The van der Waals surface area contributed by atoms with Crippen LogP contribution < -0.4 is 0 Å². The van der Waals surface area contributed by atoms with Crippen LogP contribution in [-0.4, -0.2) is 61.1 Å². The van der Waals surface area contributed by atoms with E-state index in [2.05, 4.69) is 29.2 Å². The molecule has 1 unspecified atom stereocenters. The molecule has 0 spiro atoms. The maximum Gasteiger partial charge on any atom is 0.230 e. The molecule has 112 valence electrons. The number of rotatable bonds is 2. The summed E-state index contributed by atoms with van der Waals surface area (Å²) < 4.78 is 5.39. The largest absolute Gasteiger partial charge is 0.379 e. The van der Waals surface area contributed by atoms with Crippen LogP contribution in [0.25, 0.3) is 0 Å². The second-order valence-corrected chi connectivity index (χ2v) is 6.34. The second kappa shape index (κ2) is 5.43. The molecule has 4 heteroatoms. The number of hydrogen-bond donors (Lipinski definition) is 0. The smallest absolute Gasteiger partial charge is 0.230 e. The number of morpholine rings is 1. The summed E-state index contributed by atoms with van der Waals surface area (Å²) in [5, 5.41) is 0. The van der Waals surface area contributed by atoms with E-state index in [1.54, 1.807) is 0 Å². The summed E-state index contributed by atoms with van der Waals surface area (Å²) in [6.07, 6.45) is 2.03. The maximum absolute atomic E-state index is 12.7. The standard InChI is InChI=1S/C17H22N2O2/c20-17(16-6-5-13-3-1-2-4-15(13)16)19-11-14(12-19)18-7-9-21-10-8-18/h1-4,14,16H,5-12H2. The van der Waals surface area contributed by atoms with Crippen molar-refractivity contribution in [1.82, 2.24) is 9.80 Å². The van der Waals surface area contributed by atoms with Gasteiger partial charge in [-0.25, -0.2) is 0 Å². The monoisotopic (exact) mass is 286 g/mol. The fraction of sp³-hybridized carbons (Fsp3) is 0.588. The Bertz CT molecular complexity index is 533. The molecule has 1 aromatic carbocycles. The van der Waals surface area contributed by atoms with E-state index in [0.29, 0.717) is 11.9 Å². The summed E-state index contributed by atoms with van der Waals surface area (Å²) in [6, 6.07) is 8.97. The lowest BCUT2D eigenvalue weighted by Gasteiger charge is -2.47. The van der Waals surface area contributed by atoms with Gasteiger partial charge in [-0.05, 0) is 24.0 Å². The van der Waals surface area contributed by atoms with Crippen LogP contribution in [0.15, 0.2) is 24.3 Å². The fourth-order valence-electron chi connectivity index (χ4n) is 3.84. The van der Waals surface area contributed by atoms with E-state index in [0.717, 1.165) is 52.2 Å². The van der Waals surface area contributed by atoms with Gasteiger partial charge in [0.2, 0.25) is 5.91 Å². The zero-order valence-electron chi connectivity index (χ0n) is 12.3. The van der Waals surface area contributed by atoms with Crippen LogP contribution in [0.4, 0.5) is 0 Å². The van der Waals surface area contributed by atoms with Gasteiger partial charge in [0.25, 0.3) is 0 Å². The summed E-state index contributed by atoms with van der Waals surface area (Å²) in [5.74, 6) is 0.441. The first-order valence-electron chi connectivity index (χ1n) is 8.01. The lowest BCUT2D eigenvalue weighted by Crippen LogP contribution is -2.63. The first kappa shape index (κ1) is 13.3. The van der Waals surface area contributed by atoms with Gasteiger partial charge in [-0.1, -0.05) is 24.3 Å². The lowest BCUT2D eigenvalue weighted by atomic mass is 9.96. The van der Waals surface area contributed by atoms with E-state index in [-0.39, 0.29) is 5.92 Å². The summed E-state index contributed by atoms with van der Waals surface area (Å²) in [4.78, 5) is 17.2. The van der Waals surface area contributed by atoms with Crippen molar-refractivity contribution in [3.8, 4) is 0 Å². The van der Waals surface area contributed by atoms with Crippen molar-refractivity contribution in [2.75, 3.05) is 39.4 Å². The van der Waals surface area contributed by atoms with Crippen LogP contribution in [0.2, 0.25) is 0 Å². The molecule has 1 aliphatic carbocycles. The van der Waals surface area contributed by atoms with Crippen LogP contribution in [0.5, 0.6) is 0 Å². The Morgan fingerprint density at radius 1 is 1.14 bits per heavy atom. The van der Waals surface area contributed by atoms with Crippen LogP contribution in [-0.2, 0) is 16.0 Å². The zero-order valence-corrected chi connectivity index (χ0v) is 12.3. The summed E-state index contributed by atoms with van der Waals surface area (Å²) >= 11 is 0. The SMILES string of the molecule is O=C(C1CCc2ccccc21)N1CC(N2CCOCC2)C1. The zero-order chi connectivity index (χ0) is 14.2. The van der Waals surface area contributed by atoms with Gasteiger partial charge in [0.1, 0.15) is 0 Å².